The van der Waals surface area contributed by atoms with Crippen LogP contribution in [0, 0.1) is 0 Å². The molecule has 0 amide bonds. The number of pyridine rings is 1. The summed E-state index contributed by atoms with van der Waals surface area (Å²) >= 11 is 0. The van der Waals surface area contributed by atoms with Crippen molar-refractivity contribution in [2.24, 2.45) is 0 Å². The third-order valence-electron chi connectivity index (χ3n) is 10.6. The van der Waals surface area contributed by atoms with E-state index in [2.05, 4.69) is 140 Å². The molecule has 0 aliphatic rings. The maximum Gasteiger partial charge on any atom is 0.231 e. The number of hydrogen-bond acceptors (Lipinski definition) is 5. The standard InChI is InChI=1S/C51H31N3O2/c1-3-11-32(12-4-1)34-19-25-37(26-20-34)48-46-40-15-7-9-17-43(40)55-45(46)31-42(52-48)36-23-27-38(28-24-36)49-47-41-16-8-10-18-44(41)56-51(47)54-50(53-49)39-29-21-35(22-30-39)33-13-5-2-6-14-33/h1-31H. The van der Waals surface area contributed by atoms with Crippen molar-refractivity contribution in [1.82, 2.24) is 15.0 Å². The van der Waals surface area contributed by atoms with Crippen molar-refractivity contribution in [2.75, 3.05) is 0 Å². The average Bonchev–Trinajstić information content (AvgIpc) is 3.85. The summed E-state index contributed by atoms with van der Waals surface area (Å²) in [6.07, 6.45) is 0. The summed E-state index contributed by atoms with van der Waals surface area (Å²) in [4.78, 5) is 15.5. The Bertz CT molecular complexity index is 3200. The molecule has 0 aliphatic carbocycles. The highest BCUT2D eigenvalue weighted by Gasteiger charge is 2.20. The summed E-state index contributed by atoms with van der Waals surface area (Å²) in [5, 5.41) is 3.92. The number of nitrogens with zero attached hydrogens (tertiary/aromatic N) is 3. The molecule has 0 unspecified atom stereocenters. The van der Waals surface area contributed by atoms with Gasteiger partial charge in [-0.2, -0.15) is 4.98 Å². The van der Waals surface area contributed by atoms with Gasteiger partial charge in [-0.05, 0) is 34.4 Å². The molecule has 56 heavy (non-hydrogen) atoms. The predicted octanol–water partition coefficient (Wildman–Crippen LogP) is 13.7. The van der Waals surface area contributed by atoms with Crippen molar-refractivity contribution in [2.45, 2.75) is 0 Å². The van der Waals surface area contributed by atoms with Gasteiger partial charge in [0.25, 0.3) is 0 Å². The summed E-state index contributed by atoms with van der Waals surface area (Å²) < 4.78 is 12.8. The number of para-hydroxylation sites is 2. The van der Waals surface area contributed by atoms with Crippen molar-refractivity contribution in [3.8, 4) is 67.4 Å². The zero-order chi connectivity index (χ0) is 37.0. The van der Waals surface area contributed by atoms with Crippen LogP contribution in [0.2, 0.25) is 0 Å². The summed E-state index contributed by atoms with van der Waals surface area (Å²) in [5.41, 5.74) is 14.0. The smallest absolute Gasteiger partial charge is 0.231 e. The van der Waals surface area contributed by atoms with Crippen LogP contribution in [0.4, 0.5) is 0 Å². The van der Waals surface area contributed by atoms with Crippen LogP contribution in [0.1, 0.15) is 0 Å². The number of aromatic nitrogens is 3. The van der Waals surface area contributed by atoms with E-state index in [-0.39, 0.29) is 0 Å². The normalized spacial score (nSPS) is 11.6. The van der Waals surface area contributed by atoms with Crippen LogP contribution in [0.5, 0.6) is 0 Å². The third-order valence-corrected chi connectivity index (χ3v) is 10.6. The second-order valence-corrected chi connectivity index (χ2v) is 14.0. The van der Waals surface area contributed by atoms with E-state index in [4.69, 9.17) is 23.8 Å². The lowest BCUT2D eigenvalue weighted by Gasteiger charge is -2.10. The van der Waals surface area contributed by atoms with Gasteiger partial charge in [-0.3, -0.25) is 0 Å². The van der Waals surface area contributed by atoms with E-state index < -0.39 is 0 Å². The van der Waals surface area contributed by atoms with Gasteiger partial charge in [-0.1, -0.05) is 170 Å². The average molecular weight is 718 g/mol. The van der Waals surface area contributed by atoms with Crippen LogP contribution in [0.15, 0.2) is 197 Å². The van der Waals surface area contributed by atoms with Crippen LogP contribution >= 0.6 is 0 Å². The summed E-state index contributed by atoms with van der Waals surface area (Å²) in [6, 6.07) is 64.5. The lowest BCUT2D eigenvalue weighted by atomic mass is 9.99. The highest BCUT2D eigenvalue weighted by Crippen LogP contribution is 2.40. The molecule has 11 aromatic rings. The molecule has 0 bridgehead atoms. The molecule has 5 nitrogen and oxygen atoms in total. The quantitative estimate of drug-likeness (QED) is 0.171. The van der Waals surface area contributed by atoms with Gasteiger partial charge in [0.1, 0.15) is 16.7 Å². The number of hydrogen-bond donors (Lipinski definition) is 0. The minimum atomic E-state index is 0.558. The van der Waals surface area contributed by atoms with Crippen LogP contribution < -0.4 is 0 Å². The SMILES string of the molecule is c1ccc(-c2ccc(-c3nc(-c4ccc(-c5cc6oc7ccccc7c6c(-c6ccc(-c7ccccc7)cc6)n5)cc4)c4c(n3)oc3ccccc34)cc2)cc1. The van der Waals surface area contributed by atoms with Crippen LogP contribution in [0.25, 0.3) is 111 Å². The van der Waals surface area contributed by atoms with E-state index in [1.54, 1.807) is 0 Å². The molecule has 0 N–H and O–H groups in total. The molecule has 4 aromatic heterocycles. The van der Waals surface area contributed by atoms with Gasteiger partial charge in [0.15, 0.2) is 5.82 Å². The van der Waals surface area contributed by atoms with E-state index in [9.17, 15) is 0 Å². The molecule has 0 aliphatic heterocycles. The Kier molecular flexibility index (Phi) is 7.42. The molecule has 11 rings (SSSR count). The fourth-order valence-electron chi connectivity index (χ4n) is 7.75. The van der Waals surface area contributed by atoms with E-state index >= 15 is 0 Å². The molecule has 5 heteroatoms. The molecule has 4 heterocycles. The van der Waals surface area contributed by atoms with E-state index in [0.717, 1.165) is 94.3 Å². The zero-order valence-corrected chi connectivity index (χ0v) is 30.1. The monoisotopic (exact) mass is 717 g/mol. The Hall–Kier alpha value is -7.63. The summed E-state index contributed by atoms with van der Waals surface area (Å²) in [5.74, 6) is 0.607. The maximum atomic E-state index is 6.46. The van der Waals surface area contributed by atoms with Crippen molar-refractivity contribution < 1.29 is 8.83 Å². The van der Waals surface area contributed by atoms with Gasteiger partial charge < -0.3 is 8.83 Å². The largest absolute Gasteiger partial charge is 0.456 e. The molecule has 0 fully saturated rings. The number of benzene rings is 7. The van der Waals surface area contributed by atoms with Gasteiger partial charge in [-0.25, -0.2) is 9.97 Å². The van der Waals surface area contributed by atoms with Gasteiger partial charge in [0, 0.05) is 39.1 Å². The van der Waals surface area contributed by atoms with E-state index in [1.807, 2.05) is 48.5 Å². The first kappa shape index (κ1) is 31.9. The second kappa shape index (κ2) is 13.0. The molecule has 0 spiro atoms. The second-order valence-electron chi connectivity index (χ2n) is 14.0. The van der Waals surface area contributed by atoms with Crippen LogP contribution in [0.3, 0.4) is 0 Å². The highest BCUT2D eigenvalue weighted by molar-refractivity contribution is 6.13. The van der Waals surface area contributed by atoms with Gasteiger partial charge in [-0.15, -0.1) is 0 Å². The zero-order valence-electron chi connectivity index (χ0n) is 30.1. The molecule has 0 saturated heterocycles. The maximum absolute atomic E-state index is 6.46. The van der Waals surface area contributed by atoms with Crippen LogP contribution in [-0.2, 0) is 0 Å². The van der Waals surface area contributed by atoms with Crippen molar-refractivity contribution in [1.29, 1.82) is 0 Å². The first-order chi connectivity index (χ1) is 27.7. The number of rotatable bonds is 6. The highest BCUT2D eigenvalue weighted by atomic mass is 16.3. The Balaban J connectivity index is 1.02. The van der Waals surface area contributed by atoms with Crippen molar-refractivity contribution >= 4 is 44.0 Å². The molecule has 0 atom stereocenters. The molecular formula is C51H31N3O2. The molecule has 7 aromatic carbocycles. The van der Waals surface area contributed by atoms with Crippen molar-refractivity contribution in [3.05, 3.63) is 188 Å². The molecular weight excluding hydrogens is 687 g/mol. The van der Waals surface area contributed by atoms with Crippen LogP contribution in [-0.4, -0.2) is 15.0 Å². The lowest BCUT2D eigenvalue weighted by Crippen LogP contribution is -1.94. The first-order valence-corrected chi connectivity index (χ1v) is 18.7. The fourth-order valence-corrected chi connectivity index (χ4v) is 7.75. The van der Waals surface area contributed by atoms with Gasteiger partial charge in [0.2, 0.25) is 5.71 Å². The summed E-state index contributed by atoms with van der Waals surface area (Å²) in [6.45, 7) is 0. The molecule has 0 radical (unpaired) electrons. The number of fused-ring (bicyclic) bond motifs is 6. The Morgan fingerprint density at radius 1 is 0.304 bits per heavy atom. The fraction of sp³-hybridized carbons (Fsp3) is 0. The predicted molar refractivity (Wildman–Crippen MR) is 227 cm³/mol. The van der Waals surface area contributed by atoms with Gasteiger partial charge in [0.05, 0.1) is 27.9 Å². The third kappa shape index (κ3) is 5.45. The Labute approximate surface area is 322 Å². The van der Waals surface area contributed by atoms with E-state index in [1.165, 1.54) is 5.56 Å². The van der Waals surface area contributed by atoms with E-state index in [0.29, 0.717) is 11.5 Å². The Morgan fingerprint density at radius 2 is 0.750 bits per heavy atom. The summed E-state index contributed by atoms with van der Waals surface area (Å²) in [7, 11) is 0. The minimum absolute atomic E-state index is 0.558. The number of furan rings is 2. The Morgan fingerprint density at radius 3 is 1.36 bits per heavy atom. The van der Waals surface area contributed by atoms with Crippen molar-refractivity contribution in [3.63, 3.8) is 0 Å². The molecule has 262 valence electrons. The lowest BCUT2D eigenvalue weighted by molar-refractivity contribution is 0.653. The first-order valence-electron chi connectivity index (χ1n) is 18.7. The topological polar surface area (TPSA) is 65.0 Å². The molecule has 0 saturated carbocycles. The minimum Gasteiger partial charge on any atom is -0.456 e. The van der Waals surface area contributed by atoms with Gasteiger partial charge >= 0.3 is 0 Å².